The average molecular weight is 671 g/mol. The third-order valence-electron chi connectivity index (χ3n) is 8.30. The van der Waals surface area contributed by atoms with E-state index in [0.717, 1.165) is 57.4 Å². The van der Waals surface area contributed by atoms with Crippen molar-refractivity contribution in [3.05, 3.63) is 125 Å². The number of pyridine rings is 1. The van der Waals surface area contributed by atoms with Gasteiger partial charge in [0.25, 0.3) is 5.03 Å². The SMILES string of the molecule is O=C(O)CCCCCCC(=O)NCc1cccc(-c2ccc(C3OC(CSc4cccc[n+]4[O-])CC(c4ccc(CO)cc4)O3)cc2)c1. The van der Waals surface area contributed by atoms with Crippen molar-refractivity contribution in [3.63, 3.8) is 0 Å². The van der Waals surface area contributed by atoms with E-state index in [1.54, 1.807) is 12.1 Å². The van der Waals surface area contributed by atoms with Crippen molar-refractivity contribution in [2.24, 2.45) is 0 Å². The maximum Gasteiger partial charge on any atom is 0.303 e. The molecule has 4 aromatic rings. The molecule has 3 unspecified atom stereocenters. The normalized spacial score (nSPS) is 17.6. The van der Waals surface area contributed by atoms with Gasteiger partial charge in [-0.15, -0.1) is 0 Å². The van der Waals surface area contributed by atoms with Crippen LogP contribution in [0.15, 0.2) is 102 Å². The summed E-state index contributed by atoms with van der Waals surface area (Å²) in [6.07, 6.45) is 4.78. The fourth-order valence-electron chi connectivity index (χ4n) is 5.62. The molecule has 5 rings (SSSR count). The number of ether oxygens (including phenoxy) is 2. The van der Waals surface area contributed by atoms with Crippen LogP contribution in [0, 0.1) is 5.21 Å². The summed E-state index contributed by atoms with van der Waals surface area (Å²) < 4.78 is 13.8. The number of nitrogens with zero attached hydrogens (tertiary/aromatic N) is 1. The molecule has 0 saturated carbocycles. The van der Waals surface area contributed by atoms with Crippen molar-refractivity contribution in [2.45, 2.75) is 81.6 Å². The van der Waals surface area contributed by atoms with Crippen LogP contribution >= 0.6 is 11.8 Å². The van der Waals surface area contributed by atoms with Gasteiger partial charge < -0.3 is 30.2 Å². The fraction of sp³-hybridized carbons (Fsp3) is 0.342. The number of carbonyl (C=O) groups is 2. The van der Waals surface area contributed by atoms with E-state index in [1.807, 2.05) is 72.8 Å². The predicted molar refractivity (Wildman–Crippen MR) is 184 cm³/mol. The van der Waals surface area contributed by atoms with Crippen molar-refractivity contribution < 1.29 is 34.0 Å². The van der Waals surface area contributed by atoms with E-state index in [-0.39, 0.29) is 31.1 Å². The lowest BCUT2D eigenvalue weighted by molar-refractivity contribution is -0.645. The van der Waals surface area contributed by atoms with Crippen molar-refractivity contribution in [3.8, 4) is 11.1 Å². The van der Waals surface area contributed by atoms with E-state index >= 15 is 0 Å². The quantitative estimate of drug-likeness (QED) is 0.0510. The number of unbranched alkanes of at least 4 members (excludes halogenated alkanes) is 3. The number of rotatable bonds is 16. The number of aromatic nitrogens is 1. The van der Waals surface area contributed by atoms with Gasteiger partial charge in [0.15, 0.2) is 12.5 Å². The van der Waals surface area contributed by atoms with E-state index in [0.29, 0.717) is 36.6 Å². The Hall–Kier alpha value is -4.22. The highest BCUT2D eigenvalue weighted by atomic mass is 32.2. The van der Waals surface area contributed by atoms with Crippen LogP contribution in [-0.4, -0.2) is 33.9 Å². The standard InChI is InChI=1S/C38H42N2O7S/c41-25-27-13-15-30(16-14-27)34-23-33(26-48-36-11-5-6-21-40(36)45)46-38(47-34)31-19-17-29(18-20-31)32-9-7-8-28(22-32)24-39-35(42)10-3-1-2-4-12-37(43)44/h5-9,11,13-22,33-34,38,41H,1-4,10,12,23-26H2,(H,39,42)(H,43,44). The van der Waals surface area contributed by atoms with E-state index in [1.165, 1.54) is 18.0 Å². The highest BCUT2D eigenvalue weighted by molar-refractivity contribution is 7.99. The molecule has 1 aliphatic heterocycles. The molecule has 0 radical (unpaired) electrons. The number of nitrogens with one attached hydrogen (secondary N) is 1. The smallest absolute Gasteiger partial charge is 0.303 e. The minimum absolute atomic E-state index is 0.00851. The largest absolute Gasteiger partial charge is 0.618 e. The number of amides is 1. The van der Waals surface area contributed by atoms with Crippen LogP contribution < -0.4 is 10.0 Å². The molecule has 2 heterocycles. The van der Waals surface area contributed by atoms with Crippen molar-refractivity contribution in [1.29, 1.82) is 0 Å². The molecule has 1 aromatic heterocycles. The van der Waals surface area contributed by atoms with E-state index < -0.39 is 12.3 Å². The molecule has 252 valence electrons. The summed E-state index contributed by atoms with van der Waals surface area (Å²) in [6.45, 7) is 0.411. The maximum absolute atomic E-state index is 12.3. The number of hydrogen-bond donors (Lipinski definition) is 3. The first-order valence-electron chi connectivity index (χ1n) is 16.4. The molecule has 1 saturated heterocycles. The lowest BCUT2D eigenvalue weighted by Crippen LogP contribution is -2.32. The van der Waals surface area contributed by atoms with Gasteiger partial charge in [0.1, 0.15) is 0 Å². The topological polar surface area (TPSA) is 132 Å². The maximum atomic E-state index is 12.3. The summed E-state index contributed by atoms with van der Waals surface area (Å²) in [5.41, 5.74) is 5.78. The third-order valence-corrected chi connectivity index (χ3v) is 9.45. The van der Waals surface area contributed by atoms with Crippen LogP contribution in [0.5, 0.6) is 0 Å². The number of benzene rings is 3. The van der Waals surface area contributed by atoms with Gasteiger partial charge in [0, 0.05) is 49.3 Å². The van der Waals surface area contributed by atoms with Crippen LogP contribution in [0.3, 0.4) is 0 Å². The van der Waals surface area contributed by atoms with Gasteiger partial charge >= 0.3 is 5.97 Å². The van der Waals surface area contributed by atoms with E-state index in [9.17, 15) is 19.9 Å². The molecule has 0 aliphatic carbocycles. The molecular weight excluding hydrogens is 628 g/mol. The molecular formula is C38H42N2O7S. The van der Waals surface area contributed by atoms with E-state index in [2.05, 4.69) is 11.4 Å². The second-order valence-corrected chi connectivity index (χ2v) is 13.0. The van der Waals surface area contributed by atoms with Crippen LogP contribution in [0.4, 0.5) is 0 Å². The first kappa shape index (κ1) is 35.1. The van der Waals surface area contributed by atoms with Crippen molar-refractivity contribution >= 4 is 23.6 Å². The number of carboxylic acid groups (broad SMARTS) is 1. The minimum Gasteiger partial charge on any atom is -0.618 e. The predicted octanol–water partition coefficient (Wildman–Crippen LogP) is 6.86. The Morgan fingerprint density at radius 2 is 1.58 bits per heavy atom. The lowest BCUT2D eigenvalue weighted by atomic mass is 9.99. The number of aliphatic carboxylic acids is 1. The summed E-state index contributed by atoms with van der Waals surface area (Å²) in [5.74, 6) is -0.200. The number of carbonyl (C=O) groups excluding carboxylic acids is 1. The highest BCUT2D eigenvalue weighted by Gasteiger charge is 2.32. The molecule has 1 aliphatic rings. The van der Waals surface area contributed by atoms with Crippen molar-refractivity contribution in [1.82, 2.24) is 5.32 Å². The Balaban J connectivity index is 1.20. The molecule has 0 spiro atoms. The Kier molecular flexibility index (Phi) is 13.0. The fourth-order valence-corrected chi connectivity index (χ4v) is 6.56. The van der Waals surface area contributed by atoms with Crippen LogP contribution in [0.1, 0.15) is 79.6 Å². The lowest BCUT2D eigenvalue weighted by Gasteiger charge is -2.36. The van der Waals surface area contributed by atoms with E-state index in [4.69, 9.17) is 14.6 Å². The number of aliphatic hydroxyl groups excluding tert-OH is 1. The van der Waals surface area contributed by atoms with Crippen LogP contribution in [0.25, 0.3) is 11.1 Å². The van der Waals surface area contributed by atoms with Crippen molar-refractivity contribution in [2.75, 3.05) is 5.75 Å². The first-order chi connectivity index (χ1) is 23.4. The highest BCUT2D eigenvalue weighted by Crippen LogP contribution is 2.39. The zero-order valence-electron chi connectivity index (χ0n) is 26.8. The molecule has 9 nitrogen and oxygen atoms in total. The molecule has 3 N–H and O–H groups in total. The molecule has 3 aromatic carbocycles. The van der Waals surface area contributed by atoms with Gasteiger partial charge in [0.05, 0.1) is 18.8 Å². The van der Waals surface area contributed by atoms with Gasteiger partial charge in [0.2, 0.25) is 5.91 Å². The van der Waals surface area contributed by atoms with Crippen LogP contribution in [-0.2, 0) is 32.2 Å². The van der Waals surface area contributed by atoms with Gasteiger partial charge in [-0.2, -0.15) is 4.73 Å². The number of aliphatic hydroxyl groups is 1. The second-order valence-electron chi connectivity index (χ2n) is 11.9. The Morgan fingerprint density at radius 3 is 2.31 bits per heavy atom. The molecule has 1 fully saturated rings. The Morgan fingerprint density at radius 1 is 0.833 bits per heavy atom. The Labute approximate surface area is 285 Å². The van der Waals surface area contributed by atoms with Gasteiger partial charge in [-0.05, 0) is 52.8 Å². The first-order valence-corrected chi connectivity index (χ1v) is 17.4. The molecule has 48 heavy (non-hydrogen) atoms. The monoisotopic (exact) mass is 670 g/mol. The average Bonchev–Trinajstić information content (AvgIpc) is 3.12. The van der Waals surface area contributed by atoms with Crippen LogP contribution in [0.2, 0.25) is 0 Å². The second kappa shape index (κ2) is 17.8. The molecule has 3 atom stereocenters. The summed E-state index contributed by atoms with van der Waals surface area (Å²) in [7, 11) is 0. The summed E-state index contributed by atoms with van der Waals surface area (Å²) in [5, 5.41) is 34.0. The zero-order valence-corrected chi connectivity index (χ0v) is 27.6. The number of thioether (sulfide) groups is 1. The Bertz CT molecular complexity index is 1630. The number of carboxylic acids is 1. The summed E-state index contributed by atoms with van der Waals surface area (Å²) >= 11 is 1.46. The molecule has 1 amide bonds. The summed E-state index contributed by atoms with van der Waals surface area (Å²) in [4.78, 5) is 23.0. The molecule has 0 bridgehead atoms. The summed E-state index contributed by atoms with van der Waals surface area (Å²) in [6, 6.07) is 29.3. The number of hydrogen-bond acceptors (Lipinski definition) is 7. The zero-order chi connectivity index (χ0) is 33.7. The van der Waals surface area contributed by atoms with Gasteiger partial charge in [-0.3, -0.25) is 9.59 Å². The minimum atomic E-state index is -0.780. The van der Waals surface area contributed by atoms with Gasteiger partial charge in [-0.25, -0.2) is 0 Å². The third kappa shape index (κ3) is 10.4. The molecule has 10 heteroatoms. The van der Waals surface area contributed by atoms with Gasteiger partial charge in [-0.1, -0.05) is 91.3 Å².